The number of halogens is 1. The van der Waals surface area contributed by atoms with Crippen molar-refractivity contribution in [1.29, 1.82) is 5.26 Å². The summed E-state index contributed by atoms with van der Waals surface area (Å²) in [5, 5.41) is 9.43. The normalized spacial score (nSPS) is 15.8. The van der Waals surface area contributed by atoms with Crippen LogP contribution in [0.25, 0.3) is 6.08 Å². The maximum absolute atomic E-state index is 13.9. The molecule has 2 aromatic carbocycles. The number of allylic oxidation sites excluding steroid dienone is 1. The zero-order valence-electron chi connectivity index (χ0n) is 14.6. The number of carbonyl (C=O) groups excluding carboxylic acids is 1. The molecule has 1 atom stereocenters. The van der Waals surface area contributed by atoms with Gasteiger partial charge in [-0.2, -0.15) is 5.26 Å². The van der Waals surface area contributed by atoms with Crippen molar-refractivity contribution in [2.24, 2.45) is 0 Å². The van der Waals surface area contributed by atoms with Gasteiger partial charge < -0.3 is 9.47 Å². The van der Waals surface area contributed by atoms with Crippen LogP contribution in [-0.4, -0.2) is 18.5 Å². The Balaban J connectivity index is 2.04. The molecule has 0 radical (unpaired) electrons. The van der Waals surface area contributed by atoms with Crippen LogP contribution < -0.4 is 9.47 Å². The lowest BCUT2D eigenvalue weighted by Crippen LogP contribution is -2.05. The van der Waals surface area contributed by atoms with E-state index in [4.69, 9.17) is 9.47 Å². The van der Waals surface area contributed by atoms with Gasteiger partial charge in [0, 0.05) is 17.5 Å². The fraction of sp³-hybridized carbons (Fsp3) is 0.238. The molecular weight excluding hydrogens is 333 g/mol. The third-order valence-corrected chi connectivity index (χ3v) is 4.11. The van der Waals surface area contributed by atoms with Gasteiger partial charge in [-0.05, 0) is 44.2 Å². The molecule has 1 heterocycles. The topological polar surface area (TPSA) is 59.3 Å². The summed E-state index contributed by atoms with van der Waals surface area (Å²) in [6.45, 7) is 4.27. The second kappa shape index (κ2) is 7.40. The predicted octanol–water partition coefficient (Wildman–Crippen LogP) is 4.34. The van der Waals surface area contributed by atoms with Gasteiger partial charge in [-0.3, -0.25) is 4.79 Å². The van der Waals surface area contributed by atoms with E-state index >= 15 is 0 Å². The van der Waals surface area contributed by atoms with Gasteiger partial charge in [0.25, 0.3) is 0 Å². The number of ether oxygens (including phenoxy) is 2. The highest BCUT2D eigenvalue weighted by molar-refractivity contribution is 6.14. The van der Waals surface area contributed by atoms with Crippen LogP contribution in [0.3, 0.4) is 0 Å². The van der Waals surface area contributed by atoms with Gasteiger partial charge in [0.15, 0.2) is 0 Å². The zero-order valence-corrected chi connectivity index (χ0v) is 14.6. The smallest absolute Gasteiger partial charge is 0.206 e. The van der Waals surface area contributed by atoms with E-state index in [2.05, 4.69) is 0 Å². The monoisotopic (exact) mass is 351 g/mol. The molecule has 5 heteroatoms. The Morgan fingerprint density at radius 3 is 2.88 bits per heavy atom. The van der Waals surface area contributed by atoms with Crippen molar-refractivity contribution in [3.05, 3.63) is 64.5 Å². The molecule has 0 spiro atoms. The second-order valence-electron chi connectivity index (χ2n) is 6.04. The lowest BCUT2D eigenvalue weighted by atomic mass is 10.00. The van der Waals surface area contributed by atoms with Crippen LogP contribution in [0.1, 0.15) is 35.3 Å². The number of hydrogen-bond acceptors (Lipinski definition) is 4. The Labute approximate surface area is 151 Å². The zero-order chi connectivity index (χ0) is 18.7. The molecule has 1 aliphatic heterocycles. The Bertz CT molecular complexity index is 927. The maximum Gasteiger partial charge on any atom is 0.206 e. The molecule has 4 nitrogen and oxygen atoms in total. The lowest BCUT2D eigenvalue weighted by molar-refractivity contribution is 0.103. The molecule has 26 heavy (non-hydrogen) atoms. The lowest BCUT2D eigenvalue weighted by Gasteiger charge is -2.10. The van der Waals surface area contributed by atoms with E-state index in [9.17, 15) is 14.4 Å². The Kier molecular flexibility index (Phi) is 5.04. The highest BCUT2D eigenvalue weighted by Crippen LogP contribution is 2.36. The summed E-state index contributed by atoms with van der Waals surface area (Å²) in [6, 6.07) is 11.1. The highest BCUT2D eigenvalue weighted by atomic mass is 19.1. The summed E-state index contributed by atoms with van der Waals surface area (Å²) in [6.07, 6.45) is 2.26. The minimum absolute atomic E-state index is 0.0641. The van der Waals surface area contributed by atoms with Gasteiger partial charge in [-0.1, -0.05) is 12.1 Å². The number of carbonyl (C=O) groups is 1. The number of Topliss-reactive ketones (excluding diaryl/α,β-unsaturated/α-hetero) is 1. The quantitative estimate of drug-likeness (QED) is 0.457. The molecule has 132 valence electrons. The van der Waals surface area contributed by atoms with E-state index in [1.807, 2.05) is 26.0 Å². The number of rotatable bonds is 5. The summed E-state index contributed by atoms with van der Waals surface area (Å²) in [5.41, 5.74) is 1.28. The van der Waals surface area contributed by atoms with Crippen LogP contribution in [0.4, 0.5) is 4.39 Å². The third-order valence-electron chi connectivity index (χ3n) is 4.11. The molecule has 2 aromatic rings. The molecule has 0 N–H and O–H groups in total. The summed E-state index contributed by atoms with van der Waals surface area (Å²) >= 11 is 0. The molecule has 0 aliphatic carbocycles. The van der Waals surface area contributed by atoms with Crippen molar-refractivity contribution in [2.75, 3.05) is 6.61 Å². The molecule has 0 aromatic heterocycles. The van der Waals surface area contributed by atoms with Crippen LogP contribution >= 0.6 is 0 Å². The first-order valence-electron chi connectivity index (χ1n) is 8.40. The summed E-state index contributed by atoms with van der Waals surface area (Å²) < 4.78 is 25.3. The highest BCUT2D eigenvalue weighted by Gasteiger charge is 2.22. The molecule has 0 bridgehead atoms. The van der Waals surface area contributed by atoms with Crippen molar-refractivity contribution in [3.8, 4) is 17.6 Å². The van der Waals surface area contributed by atoms with Crippen LogP contribution in [0, 0.1) is 17.1 Å². The Morgan fingerprint density at radius 1 is 1.42 bits per heavy atom. The van der Waals surface area contributed by atoms with Gasteiger partial charge in [0.2, 0.25) is 5.78 Å². The van der Waals surface area contributed by atoms with Crippen LogP contribution in [0.2, 0.25) is 0 Å². The molecule has 0 unspecified atom stereocenters. The number of nitrogens with zero attached hydrogens (tertiary/aromatic N) is 1. The van der Waals surface area contributed by atoms with E-state index in [0.717, 1.165) is 12.0 Å². The van der Waals surface area contributed by atoms with Crippen molar-refractivity contribution < 1.29 is 18.7 Å². The fourth-order valence-electron chi connectivity index (χ4n) is 2.94. The first-order valence-corrected chi connectivity index (χ1v) is 8.40. The van der Waals surface area contributed by atoms with Gasteiger partial charge in [-0.15, -0.1) is 0 Å². The predicted molar refractivity (Wildman–Crippen MR) is 95.7 cm³/mol. The SMILES string of the molecule is CCOc1cc2c(cc1/C=C(\C#N)C(=O)c1ccccc1F)O[C@H](C)C2. The molecular formula is C21H18FNO3. The first kappa shape index (κ1) is 17.7. The van der Waals surface area contributed by atoms with Gasteiger partial charge in [0.05, 0.1) is 12.2 Å². The standard InChI is InChI=1S/C21H18FNO3/c1-3-25-19-10-14-8-13(2)26-20(14)11-15(19)9-16(12-23)21(24)17-6-4-5-7-18(17)22/h4-7,9-11,13H,3,8H2,1-2H3/b16-9+/t13-/m1/s1. The molecule has 3 rings (SSSR count). The molecule has 1 aliphatic rings. The van der Waals surface area contributed by atoms with E-state index in [-0.39, 0.29) is 17.2 Å². The molecule has 0 amide bonds. The van der Waals surface area contributed by atoms with Gasteiger partial charge in [-0.25, -0.2) is 4.39 Å². The third kappa shape index (κ3) is 3.45. The van der Waals surface area contributed by atoms with Crippen molar-refractivity contribution in [2.45, 2.75) is 26.4 Å². The number of ketones is 1. The Hall–Kier alpha value is -3.13. The van der Waals surface area contributed by atoms with Crippen molar-refractivity contribution in [1.82, 2.24) is 0 Å². The number of nitriles is 1. The minimum Gasteiger partial charge on any atom is -0.493 e. The summed E-state index contributed by atoms with van der Waals surface area (Å²) in [5.74, 6) is -0.0431. The van der Waals surface area contributed by atoms with E-state index in [0.29, 0.717) is 23.7 Å². The van der Waals surface area contributed by atoms with Crippen LogP contribution in [0.5, 0.6) is 11.5 Å². The maximum atomic E-state index is 13.9. The molecule has 0 fully saturated rings. The van der Waals surface area contributed by atoms with E-state index < -0.39 is 11.6 Å². The fourth-order valence-corrected chi connectivity index (χ4v) is 2.94. The van der Waals surface area contributed by atoms with Crippen LogP contribution in [-0.2, 0) is 6.42 Å². The van der Waals surface area contributed by atoms with E-state index in [1.54, 1.807) is 12.1 Å². The summed E-state index contributed by atoms with van der Waals surface area (Å²) in [7, 11) is 0. The molecule has 0 saturated carbocycles. The van der Waals surface area contributed by atoms with Crippen LogP contribution in [0.15, 0.2) is 42.0 Å². The van der Waals surface area contributed by atoms with Gasteiger partial charge in [0.1, 0.15) is 35.1 Å². The number of benzene rings is 2. The molecule has 0 saturated heterocycles. The average Bonchev–Trinajstić information content (AvgIpc) is 2.98. The average molecular weight is 351 g/mol. The van der Waals surface area contributed by atoms with E-state index in [1.165, 1.54) is 24.3 Å². The van der Waals surface area contributed by atoms with Crippen molar-refractivity contribution >= 4 is 11.9 Å². The van der Waals surface area contributed by atoms with Crippen molar-refractivity contribution in [3.63, 3.8) is 0 Å². The number of fused-ring (bicyclic) bond motifs is 1. The number of hydrogen-bond donors (Lipinski definition) is 0. The second-order valence-corrected chi connectivity index (χ2v) is 6.04. The first-order chi connectivity index (χ1) is 12.5. The minimum atomic E-state index is -0.664. The summed E-state index contributed by atoms with van der Waals surface area (Å²) in [4.78, 5) is 12.6. The Morgan fingerprint density at radius 2 is 2.19 bits per heavy atom. The van der Waals surface area contributed by atoms with Gasteiger partial charge >= 0.3 is 0 Å². The largest absolute Gasteiger partial charge is 0.493 e.